The van der Waals surface area contributed by atoms with Gasteiger partial charge in [0.15, 0.2) is 8.32 Å². The first-order chi connectivity index (χ1) is 21.5. The largest absolute Gasteiger partial charge is 0.497 e. The van der Waals surface area contributed by atoms with Crippen LogP contribution in [0.15, 0.2) is 109 Å². The summed E-state index contributed by atoms with van der Waals surface area (Å²) in [6.07, 6.45) is -2.50. The van der Waals surface area contributed by atoms with Crippen molar-refractivity contribution in [2.75, 3.05) is 20.8 Å². The third-order valence-corrected chi connectivity index (χ3v) is 13.8. The van der Waals surface area contributed by atoms with E-state index in [4.69, 9.17) is 23.4 Å². The normalized spacial score (nSPS) is 20.6. The van der Waals surface area contributed by atoms with Crippen LogP contribution in [0.1, 0.15) is 49.1 Å². The molecule has 0 unspecified atom stereocenters. The lowest BCUT2D eigenvalue weighted by Crippen LogP contribution is -2.48. The van der Waals surface area contributed by atoms with Crippen LogP contribution in [0.5, 0.6) is 11.5 Å². The molecule has 5 rings (SSSR count). The zero-order chi connectivity index (χ0) is 32.2. The molecule has 0 radical (unpaired) electrons. The molecule has 1 heterocycles. The summed E-state index contributed by atoms with van der Waals surface area (Å²) in [5.74, 6) is 1.50. The molecule has 4 aromatic carbocycles. The van der Waals surface area contributed by atoms with E-state index in [-0.39, 0.29) is 11.6 Å². The van der Waals surface area contributed by atoms with Crippen LogP contribution in [0.3, 0.4) is 0 Å². The summed E-state index contributed by atoms with van der Waals surface area (Å²) in [6.45, 7) is 11.2. The average Bonchev–Trinajstić information content (AvgIpc) is 3.36. The van der Waals surface area contributed by atoms with Crippen molar-refractivity contribution in [3.8, 4) is 11.5 Å². The molecule has 1 aliphatic heterocycles. The van der Waals surface area contributed by atoms with Crippen LogP contribution in [-0.2, 0) is 19.5 Å². The Morgan fingerprint density at radius 2 is 1.16 bits per heavy atom. The molecule has 1 saturated heterocycles. The summed E-state index contributed by atoms with van der Waals surface area (Å²) in [7, 11) is 1.06. The van der Waals surface area contributed by atoms with Crippen molar-refractivity contribution >= 4 is 8.32 Å². The smallest absolute Gasteiger partial charge is 0.192 e. The van der Waals surface area contributed by atoms with Crippen molar-refractivity contribution < 1.29 is 28.5 Å². The quantitative estimate of drug-likeness (QED) is 0.135. The zero-order valence-electron chi connectivity index (χ0n) is 27.4. The Kier molecular flexibility index (Phi) is 9.87. The number of hydrogen-bond donors (Lipinski definition) is 1. The van der Waals surface area contributed by atoms with Crippen molar-refractivity contribution in [1.82, 2.24) is 0 Å². The van der Waals surface area contributed by atoms with E-state index in [0.717, 1.165) is 33.8 Å². The first-order valence-corrected chi connectivity index (χ1v) is 18.5. The van der Waals surface area contributed by atoms with Crippen LogP contribution >= 0.6 is 0 Å². The van der Waals surface area contributed by atoms with Crippen molar-refractivity contribution in [2.45, 2.75) is 68.9 Å². The number of methoxy groups -OCH3 is 2. The van der Waals surface area contributed by atoms with Crippen LogP contribution in [0.25, 0.3) is 0 Å². The molecule has 0 amide bonds. The lowest BCUT2D eigenvalue weighted by atomic mass is 9.80. The predicted octanol–water partition coefficient (Wildman–Crippen LogP) is 7.90. The monoisotopic (exact) mass is 626 g/mol. The van der Waals surface area contributed by atoms with E-state index in [1.807, 2.05) is 97.1 Å². The van der Waals surface area contributed by atoms with Crippen LogP contribution in [0, 0.1) is 0 Å². The second-order valence-electron chi connectivity index (χ2n) is 13.2. The maximum absolute atomic E-state index is 11.9. The molecule has 1 N–H and O–H groups in total. The third-order valence-electron chi connectivity index (χ3n) is 9.34. The van der Waals surface area contributed by atoms with Gasteiger partial charge in [0.1, 0.15) is 41.5 Å². The highest BCUT2D eigenvalue weighted by Gasteiger charge is 2.51. The minimum atomic E-state index is -2.26. The number of rotatable bonds is 11. The van der Waals surface area contributed by atoms with Crippen molar-refractivity contribution in [2.24, 2.45) is 0 Å². The van der Waals surface area contributed by atoms with E-state index < -0.39 is 38.3 Å². The van der Waals surface area contributed by atoms with E-state index in [9.17, 15) is 5.11 Å². The molecule has 0 saturated carbocycles. The number of benzene rings is 4. The Bertz CT molecular complexity index is 1450. The molecule has 4 aromatic rings. The molecule has 0 aliphatic carbocycles. The molecule has 1 fully saturated rings. The molecule has 0 bridgehead atoms. The SMILES string of the molecule is COc1ccc(C(OC[C@H]2O[C@@H](c3ccccc3)[C@H](O[Si](C)(C)C(C)(C)C)[C@@H]2O)(c2ccccc2)c2ccc(OC)cc2)cc1. The molecule has 238 valence electrons. The van der Waals surface area contributed by atoms with E-state index in [0.29, 0.717) is 0 Å². The van der Waals surface area contributed by atoms with Gasteiger partial charge in [0.05, 0.1) is 20.8 Å². The fourth-order valence-corrected chi connectivity index (χ4v) is 7.01. The molecule has 0 aromatic heterocycles. The van der Waals surface area contributed by atoms with Gasteiger partial charge in [-0.3, -0.25) is 0 Å². The van der Waals surface area contributed by atoms with Crippen LogP contribution in [-0.4, -0.2) is 52.6 Å². The molecular formula is C38H46O6Si. The second-order valence-corrected chi connectivity index (χ2v) is 17.9. The third kappa shape index (κ3) is 6.74. The van der Waals surface area contributed by atoms with Crippen molar-refractivity contribution in [3.05, 3.63) is 131 Å². The Morgan fingerprint density at radius 3 is 1.62 bits per heavy atom. The highest BCUT2D eigenvalue weighted by molar-refractivity contribution is 6.74. The lowest BCUT2D eigenvalue weighted by molar-refractivity contribution is -0.0828. The Labute approximate surface area is 269 Å². The fourth-order valence-electron chi connectivity index (χ4n) is 5.72. The molecule has 45 heavy (non-hydrogen) atoms. The second kappa shape index (κ2) is 13.5. The van der Waals surface area contributed by atoms with Gasteiger partial charge in [0, 0.05) is 0 Å². The number of ether oxygens (including phenoxy) is 4. The van der Waals surface area contributed by atoms with Gasteiger partial charge in [0.25, 0.3) is 0 Å². The Morgan fingerprint density at radius 1 is 0.689 bits per heavy atom. The summed E-state index contributed by atoms with van der Waals surface area (Å²) in [5, 5.41) is 11.9. The van der Waals surface area contributed by atoms with Gasteiger partial charge in [-0.15, -0.1) is 0 Å². The molecular weight excluding hydrogens is 580 g/mol. The summed E-state index contributed by atoms with van der Waals surface area (Å²) in [4.78, 5) is 0. The summed E-state index contributed by atoms with van der Waals surface area (Å²) in [6, 6.07) is 36.0. The molecule has 6 nitrogen and oxygen atoms in total. The summed E-state index contributed by atoms with van der Waals surface area (Å²) >= 11 is 0. The molecule has 7 heteroatoms. The van der Waals surface area contributed by atoms with Gasteiger partial charge in [0.2, 0.25) is 0 Å². The standard InChI is InChI=1S/C38H46O6Si/c1-37(2,3)45(6,7)44-36-34(39)33(43-35(36)27-14-10-8-11-15-27)26-42-38(28-16-12-9-13-17-28,29-18-22-31(40-4)23-19-29)30-20-24-32(41-5)25-21-30/h8-25,33-36,39H,26H2,1-7H3/t33-,34-,35+,36-/m1/s1. The van der Waals surface area contributed by atoms with Gasteiger partial charge in [-0.25, -0.2) is 0 Å². The molecule has 0 spiro atoms. The van der Waals surface area contributed by atoms with Gasteiger partial charge in [-0.1, -0.05) is 106 Å². The van der Waals surface area contributed by atoms with E-state index in [2.05, 4.69) is 46.0 Å². The highest BCUT2D eigenvalue weighted by Crippen LogP contribution is 2.46. The highest BCUT2D eigenvalue weighted by atomic mass is 28.4. The Hall–Kier alpha value is -3.46. The minimum absolute atomic E-state index is 0.0340. The van der Waals surface area contributed by atoms with Crippen LogP contribution in [0.4, 0.5) is 0 Å². The van der Waals surface area contributed by atoms with Gasteiger partial charge in [-0.05, 0) is 64.7 Å². The topological polar surface area (TPSA) is 66.4 Å². The zero-order valence-corrected chi connectivity index (χ0v) is 28.4. The molecule has 1 aliphatic rings. The fraction of sp³-hybridized carbons (Fsp3) is 0.368. The number of aliphatic hydroxyl groups excluding tert-OH is 1. The van der Waals surface area contributed by atoms with E-state index >= 15 is 0 Å². The minimum Gasteiger partial charge on any atom is -0.497 e. The van der Waals surface area contributed by atoms with Crippen molar-refractivity contribution in [1.29, 1.82) is 0 Å². The van der Waals surface area contributed by atoms with Gasteiger partial charge >= 0.3 is 0 Å². The first-order valence-electron chi connectivity index (χ1n) is 15.5. The average molecular weight is 627 g/mol. The Balaban J connectivity index is 1.56. The van der Waals surface area contributed by atoms with Crippen LogP contribution < -0.4 is 9.47 Å². The number of aliphatic hydroxyl groups is 1. The lowest BCUT2D eigenvalue weighted by Gasteiger charge is -2.40. The van der Waals surface area contributed by atoms with E-state index in [1.54, 1.807) is 14.2 Å². The summed E-state index contributed by atoms with van der Waals surface area (Å²) < 4.78 is 31.7. The van der Waals surface area contributed by atoms with E-state index in [1.165, 1.54) is 0 Å². The maximum Gasteiger partial charge on any atom is 0.192 e. The maximum atomic E-state index is 11.9. The molecule has 4 atom stereocenters. The van der Waals surface area contributed by atoms with Gasteiger partial charge < -0.3 is 28.5 Å². The predicted molar refractivity (Wildman–Crippen MR) is 180 cm³/mol. The van der Waals surface area contributed by atoms with Crippen LogP contribution in [0.2, 0.25) is 18.1 Å². The summed E-state index contributed by atoms with van der Waals surface area (Å²) in [5.41, 5.74) is 2.73. The first kappa shape index (κ1) is 32.9. The van der Waals surface area contributed by atoms with Crippen molar-refractivity contribution in [3.63, 3.8) is 0 Å². The van der Waals surface area contributed by atoms with Gasteiger partial charge in [-0.2, -0.15) is 0 Å². The number of hydrogen-bond acceptors (Lipinski definition) is 6.